The molecule has 14 heavy (non-hydrogen) atoms. The summed E-state index contributed by atoms with van der Waals surface area (Å²) in [5, 5.41) is 0. The predicted molar refractivity (Wildman–Crippen MR) is 52.8 cm³/mol. The fourth-order valence-corrected chi connectivity index (χ4v) is 1.89. The number of nitrogens with zero attached hydrogens (tertiary/aromatic N) is 2. The molecule has 0 aliphatic carbocycles. The molecule has 2 heterocycles. The van der Waals surface area contributed by atoms with Crippen LogP contribution in [-0.4, -0.2) is 33.2 Å². The highest BCUT2D eigenvalue weighted by Crippen LogP contribution is 2.20. The van der Waals surface area contributed by atoms with E-state index >= 15 is 0 Å². The number of alkyl halides is 1. The van der Waals surface area contributed by atoms with Crippen molar-refractivity contribution in [1.82, 2.24) is 14.9 Å². The Labute approximate surface area is 87.3 Å². The quantitative estimate of drug-likeness (QED) is 0.762. The lowest BCUT2D eigenvalue weighted by molar-refractivity contribution is -0.128. The van der Waals surface area contributed by atoms with Gasteiger partial charge in [0.05, 0.1) is 18.6 Å². The molecule has 1 aromatic heterocycles. The van der Waals surface area contributed by atoms with Crippen LogP contribution in [-0.2, 0) is 11.3 Å². The van der Waals surface area contributed by atoms with Gasteiger partial charge in [0.15, 0.2) is 0 Å². The van der Waals surface area contributed by atoms with E-state index in [1.165, 1.54) is 0 Å². The molecular formula is C9H12ClN3O. The first-order valence-electron chi connectivity index (χ1n) is 4.60. The van der Waals surface area contributed by atoms with E-state index in [9.17, 15) is 4.79 Å². The van der Waals surface area contributed by atoms with Gasteiger partial charge in [0, 0.05) is 25.0 Å². The smallest absolute Gasteiger partial charge is 0.223 e. The van der Waals surface area contributed by atoms with E-state index in [0.717, 1.165) is 12.2 Å². The van der Waals surface area contributed by atoms with Crippen molar-refractivity contribution in [3.05, 3.63) is 18.2 Å². The highest BCUT2D eigenvalue weighted by molar-refractivity contribution is 6.18. The number of rotatable bonds is 3. The summed E-state index contributed by atoms with van der Waals surface area (Å²) in [7, 11) is 0. The van der Waals surface area contributed by atoms with Crippen LogP contribution in [0.3, 0.4) is 0 Å². The van der Waals surface area contributed by atoms with E-state index in [2.05, 4.69) is 9.97 Å². The van der Waals surface area contributed by atoms with Crippen LogP contribution < -0.4 is 0 Å². The first-order valence-corrected chi connectivity index (χ1v) is 5.14. The number of hydrogen-bond acceptors (Lipinski definition) is 2. The Morgan fingerprint density at radius 2 is 2.57 bits per heavy atom. The molecule has 1 amide bonds. The van der Waals surface area contributed by atoms with Gasteiger partial charge in [-0.15, -0.1) is 11.6 Å². The SMILES string of the molecule is O=C1CC(CCl)CN1Cc1cnc[nH]1. The third-order valence-electron chi connectivity index (χ3n) is 2.43. The monoisotopic (exact) mass is 213 g/mol. The Bertz CT molecular complexity index is 312. The van der Waals surface area contributed by atoms with Crippen LogP contribution in [0.25, 0.3) is 0 Å². The molecule has 1 aromatic rings. The third kappa shape index (κ3) is 1.90. The molecule has 0 bridgehead atoms. The maximum Gasteiger partial charge on any atom is 0.223 e. The van der Waals surface area contributed by atoms with Crippen LogP contribution in [0.1, 0.15) is 12.1 Å². The van der Waals surface area contributed by atoms with Crippen LogP contribution in [0.15, 0.2) is 12.5 Å². The first-order chi connectivity index (χ1) is 6.79. The molecule has 4 nitrogen and oxygen atoms in total. The minimum absolute atomic E-state index is 0.185. The van der Waals surface area contributed by atoms with Gasteiger partial charge >= 0.3 is 0 Å². The van der Waals surface area contributed by atoms with Crippen molar-refractivity contribution in [2.24, 2.45) is 5.92 Å². The maximum atomic E-state index is 11.5. The first kappa shape index (κ1) is 9.52. The van der Waals surface area contributed by atoms with Crippen LogP contribution in [0.5, 0.6) is 0 Å². The molecule has 1 fully saturated rings. The van der Waals surface area contributed by atoms with Crippen molar-refractivity contribution in [2.75, 3.05) is 12.4 Å². The van der Waals surface area contributed by atoms with E-state index in [1.807, 2.05) is 4.90 Å². The van der Waals surface area contributed by atoms with E-state index in [0.29, 0.717) is 24.8 Å². The van der Waals surface area contributed by atoms with Crippen molar-refractivity contribution < 1.29 is 4.79 Å². The number of imidazole rings is 1. The average Bonchev–Trinajstić information content (AvgIpc) is 2.78. The predicted octanol–water partition coefficient (Wildman–Crippen LogP) is 0.997. The van der Waals surface area contributed by atoms with E-state index < -0.39 is 0 Å². The second-order valence-corrected chi connectivity index (χ2v) is 3.88. The second kappa shape index (κ2) is 4.00. The Morgan fingerprint density at radius 1 is 1.71 bits per heavy atom. The summed E-state index contributed by atoms with van der Waals surface area (Å²) < 4.78 is 0. The molecule has 1 aliphatic heterocycles. The zero-order valence-electron chi connectivity index (χ0n) is 7.74. The lowest BCUT2D eigenvalue weighted by Gasteiger charge is -2.14. The minimum Gasteiger partial charge on any atom is -0.347 e. The van der Waals surface area contributed by atoms with Gasteiger partial charge in [0.25, 0.3) is 0 Å². The molecule has 5 heteroatoms. The van der Waals surface area contributed by atoms with Gasteiger partial charge in [0.2, 0.25) is 5.91 Å². The van der Waals surface area contributed by atoms with Gasteiger partial charge in [-0.25, -0.2) is 4.98 Å². The summed E-state index contributed by atoms with van der Waals surface area (Å²) >= 11 is 5.72. The van der Waals surface area contributed by atoms with E-state index in [4.69, 9.17) is 11.6 Å². The normalized spacial score (nSPS) is 21.9. The molecule has 2 rings (SSSR count). The van der Waals surface area contributed by atoms with Gasteiger partial charge < -0.3 is 9.88 Å². The number of hydrogen-bond donors (Lipinski definition) is 1. The summed E-state index contributed by atoms with van der Waals surface area (Å²) in [6.07, 6.45) is 3.94. The molecule has 76 valence electrons. The highest BCUT2D eigenvalue weighted by atomic mass is 35.5. The number of carbonyl (C=O) groups excluding carboxylic acids is 1. The fourth-order valence-electron chi connectivity index (χ4n) is 1.69. The summed E-state index contributed by atoms with van der Waals surface area (Å²) in [5.74, 6) is 1.06. The van der Waals surface area contributed by atoms with Crippen molar-refractivity contribution in [3.8, 4) is 0 Å². The largest absolute Gasteiger partial charge is 0.347 e. The zero-order chi connectivity index (χ0) is 9.97. The third-order valence-corrected chi connectivity index (χ3v) is 2.87. The Hall–Kier alpha value is -1.03. The molecule has 1 saturated heterocycles. The number of aromatic amines is 1. The summed E-state index contributed by atoms with van der Waals surface area (Å²) in [5.41, 5.74) is 0.966. The Balaban J connectivity index is 1.96. The van der Waals surface area contributed by atoms with Gasteiger partial charge in [-0.1, -0.05) is 0 Å². The van der Waals surface area contributed by atoms with Crippen LogP contribution in [0.4, 0.5) is 0 Å². The molecule has 0 spiro atoms. The van der Waals surface area contributed by atoms with Crippen molar-refractivity contribution >= 4 is 17.5 Å². The maximum absolute atomic E-state index is 11.5. The van der Waals surface area contributed by atoms with Crippen LogP contribution >= 0.6 is 11.6 Å². The molecule has 1 aliphatic rings. The summed E-state index contributed by atoms with van der Waals surface area (Å²) in [4.78, 5) is 20.2. The highest BCUT2D eigenvalue weighted by Gasteiger charge is 2.28. The van der Waals surface area contributed by atoms with Gasteiger partial charge in [-0.3, -0.25) is 4.79 Å². The van der Waals surface area contributed by atoms with Crippen LogP contribution in [0.2, 0.25) is 0 Å². The fraction of sp³-hybridized carbons (Fsp3) is 0.556. The standard InChI is InChI=1S/C9H12ClN3O/c10-2-7-1-9(14)13(4-7)5-8-3-11-6-12-8/h3,6-7H,1-2,4-5H2,(H,11,12). The minimum atomic E-state index is 0.185. The van der Waals surface area contributed by atoms with Crippen molar-refractivity contribution in [3.63, 3.8) is 0 Å². The van der Waals surface area contributed by atoms with Crippen molar-refractivity contribution in [2.45, 2.75) is 13.0 Å². The number of nitrogens with one attached hydrogen (secondary N) is 1. The lowest BCUT2D eigenvalue weighted by Crippen LogP contribution is -2.24. The van der Waals surface area contributed by atoms with E-state index in [1.54, 1.807) is 12.5 Å². The summed E-state index contributed by atoms with van der Waals surface area (Å²) in [6, 6.07) is 0. The number of likely N-dealkylation sites (tertiary alicyclic amines) is 1. The molecular weight excluding hydrogens is 202 g/mol. The molecule has 1 N–H and O–H groups in total. The molecule has 1 unspecified atom stereocenters. The number of carbonyl (C=O) groups is 1. The number of aromatic nitrogens is 2. The van der Waals surface area contributed by atoms with Gasteiger partial charge in [-0.05, 0) is 5.92 Å². The second-order valence-electron chi connectivity index (χ2n) is 3.58. The van der Waals surface area contributed by atoms with Gasteiger partial charge in [0.1, 0.15) is 0 Å². The van der Waals surface area contributed by atoms with E-state index in [-0.39, 0.29) is 5.91 Å². The number of halogens is 1. The molecule has 0 radical (unpaired) electrons. The number of H-pyrrole nitrogens is 1. The number of amides is 1. The zero-order valence-corrected chi connectivity index (χ0v) is 8.50. The summed E-state index contributed by atoms with van der Waals surface area (Å²) in [6.45, 7) is 1.38. The molecule has 0 aromatic carbocycles. The van der Waals surface area contributed by atoms with Crippen LogP contribution in [0, 0.1) is 5.92 Å². The molecule has 0 saturated carbocycles. The topological polar surface area (TPSA) is 49.0 Å². The van der Waals surface area contributed by atoms with Crippen molar-refractivity contribution in [1.29, 1.82) is 0 Å². The Morgan fingerprint density at radius 3 is 3.14 bits per heavy atom. The average molecular weight is 214 g/mol. The Kier molecular flexibility index (Phi) is 2.72. The van der Waals surface area contributed by atoms with Gasteiger partial charge in [-0.2, -0.15) is 0 Å². The lowest BCUT2D eigenvalue weighted by atomic mass is 10.1. The molecule has 1 atom stereocenters.